The van der Waals surface area contributed by atoms with E-state index < -0.39 is 6.29 Å². The zero-order chi connectivity index (χ0) is 19.2. The summed E-state index contributed by atoms with van der Waals surface area (Å²) >= 11 is 0. The quantitative estimate of drug-likeness (QED) is 0.416. The van der Waals surface area contributed by atoms with E-state index in [1.165, 1.54) is 12.8 Å². The first-order valence-corrected chi connectivity index (χ1v) is 10.1. The van der Waals surface area contributed by atoms with Crippen molar-refractivity contribution in [1.29, 1.82) is 0 Å². The average Bonchev–Trinajstić information content (AvgIpc) is 3.03. The molecular weight excluding hydrogens is 344 g/mol. The highest BCUT2D eigenvalue weighted by molar-refractivity contribution is 5.96. The Morgan fingerprint density at radius 2 is 1.93 bits per heavy atom. The highest BCUT2D eigenvalue weighted by Gasteiger charge is 2.86. The van der Waals surface area contributed by atoms with Gasteiger partial charge < -0.3 is 14.2 Å². The van der Waals surface area contributed by atoms with Crippen LogP contribution in [-0.2, 0) is 23.8 Å². The molecule has 5 rings (SSSR count). The van der Waals surface area contributed by atoms with Crippen LogP contribution in [0.3, 0.4) is 0 Å². The molecule has 0 N–H and O–H groups in total. The van der Waals surface area contributed by atoms with Gasteiger partial charge in [-0.25, -0.2) is 9.59 Å². The van der Waals surface area contributed by atoms with Crippen molar-refractivity contribution in [3.8, 4) is 0 Å². The van der Waals surface area contributed by atoms with E-state index in [-0.39, 0.29) is 33.8 Å². The van der Waals surface area contributed by atoms with Gasteiger partial charge in [-0.1, -0.05) is 27.2 Å². The maximum atomic E-state index is 12.8. The predicted molar refractivity (Wildman–Crippen MR) is 97.1 cm³/mol. The van der Waals surface area contributed by atoms with E-state index in [2.05, 4.69) is 20.8 Å². The summed E-state index contributed by atoms with van der Waals surface area (Å²) in [6.45, 7) is 8.83. The molecule has 0 spiro atoms. The molecule has 4 fully saturated rings. The molecular formula is C22H28O5. The molecule has 0 aromatic heterocycles. The summed E-state index contributed by atoms with van der Waals surface area (Å²) in [5, 5.41) is 0. The summed E-state index contributed by atoms with van der Waals surface area (Å²) in [5.41, 5.74) is 0.905. The van der Waals surface area contributed by atoms with Crippen LogP contribution in [0.5, 0.6) is 0 Å². The summed E-state index contributed by atoms with van der Waals surface area (Å²) in [4.78, 5) is 24.4. The molecule has 5 aliphatic rings. The lowest BCUT2D eigenvalue weighted by Gasteiger charge is -2.57. The summed E-state index contributed by atoms with van der Waals surface area (Å²) in [5.74, 6) is -0.0553. The Bertz CT molecular complexity index is 808. The third kappa shape index (κ3) is 1.95. The minimum Gasteiger partial charge on any atom is -0.458 e. The van der Waals surface area contributed by atoms with Crippen molar-refractivity contribution >= 4 is 11.9 Å². The summed E-state index contributed by atoms with van der Waals surface area (Å²) in [6.07, 6.45) is 8.94. The molecule has 0 radical (unpaired) electrons. The first-order valence-electron chi connectivity index (χ1n) is 10.1. The Morgan fingerprint density at radius 1 is 1.15 bits per heavy atom. The Balaban J connectivity index is 1.52. The van der Waals surface area contributed by atoms with Crippen LogP contribution >= 0.6 is 0 Å². The number of ether oxygens (including phenoxy) is 3. The van der Waals surface area contributed by atoms with Crippen LogP contribution in [0.2, 0.25) is 0 Å². The standard InChI is InChI=1S/C22H28O5/c1-13-10-16(26-17(13)23)25-11-14-18(24)27-21-9-6-15-19(2,3)7-5-8-20(15,4)22(14,21)12-21/h10-11,15-16H,5-9,12H2,1-4H3/b14-11+/t15?,16?,20-,21-,22-/m0/s1. The third-order valence-corrected chi connectivity index (χ3v) is 8.46. The normalized spacial score (nSPS) is 48.1. The summed E-state index contributed by atoms with van der Waals surface area (Å²) < 4.78 is 16.9. The van der Waals surface area contributed by atoms with Gasteiger partial charge in [-0.15, -0.1) is 0 Å². The minimum absolute atomic E-state index is 0.0342. The molecule has 0 bridgehead atoms. The highest BCUT2D eigenvalue weighted by atomic mass is 16.7. The molecule has 5 atom stereocenters. The Labute approximate surface area is 160 Å². The van der Waals surface area contributed by atoms with Gasteiger partial charge >= 0.3 is 11.9 Å². The first-order chi connectivity index (χ1) is 12.7. The molecule has 5 heteroatoms. The van der Waals surface area contributed by atoms with Gasteiger partial charge in [-0.3, -0.25) is 0 Å². The van der Waals surface area contributed by atoms with Gasteiger partial charge in [0.05, 0.1) is 17.3 Å². The molecule has 0 aromatic carbocycles. The van der Waals surface area contributed by atoms with Crippen LogP contribution in [0.15, 0.2) is 23.5 Å². The number of esters is 2. The molecule has 146 valence electrons. The molecule has 3 saturated carbocycles. The molecule has 2 heterocycles. The second-order valence-electron chi connectivity index (χ2n) is 10.1. The van der Waals surface area contributed by atoms with Gasteiger partial charge in [-0.05, 0) is 49.4 Å². The van der Waals surface area contributed by atoms with E-state index in [1.807, 2.05) is 0 Å². The fraction of sp³-hybridized carbons (Fsp3) is 0.727. The Hall–Kier alpha value is -1.78. The Morgan fingerprint density at radius 3 is 2.63 bits per heavy atom. The van der Waals surface area contributed by atoms with Gasteiger partial charge in [0.25, 0.3) is 6.29 Å². The zero-order valence-corrected chi connectivity index (χ0v) is 16.6. The van der Waals surface area contributed by atoms with Crippen LogP contribution < -0.4 is 0 Å². The van der Waals surface area contributed by atoms with Crippen molar-refractivity contribution in [2.24, 2.45) is 22.2 Å². The molecule has 5 nitrogen and oxygen atoms in total. The smallest absolute Gasteiger partial charge is 0.338 e. The maximum absolute atomic E-state index is 12.8. The van der Waals surface area contributed by atoms with Gasteiger partial charge in [0.15, 0.2) is 0 Å². The monoisotopic (exact) mass is 372 g/mol. The fourth-order valence-electron chi connectivity index (χ4n) is 7.21. The fourth-order valence-corrected chi connectivity index (χ4v) is 7.21. The van der Waals surface area contributed by atoms with Crippen LogP contribution in [0.4, 0.5) is 0 Å². The van der Waals surface area contributed by atoms with Crippen LogP contribution in [-0.4, -0.2) is 23.8 Å². The topological polar surface area (TPSA) is 61.8 Å². The second-order valence-corrected chi connectivity index (χ2v) is 10.1. The molecule has 2 unspecified atom stereocenters. The number of carbonyl (C=O) groups excluding carboxylic acids is 2. The number of cyclic esters (lactones) is 1. The predicted octanol–water partition coefficient (Wildman–Crippen LogP) is 4.03. The minimum atomic E-state index is -0.752. The summed E-state index contributed by atoms with van der Waals surface area (Å²) in [7, 11) is 0. The number of hydrogen-bond acceptors (Lipinski definition) is 5. The second kappa shape index (κ2) is 4.98. The van der Waals surface area contributed by atoms with Crippen molar-refractivity contribution in [2.45, 2.75) is 78.1 Å². The van der Waals surface area contributed by atoms with Crippen LogP contribution in [0, 0.1) is 22.2 Å². The van der Waals surface area contributed by atoms with E-state index >= 15 is 0 Å². The van der Waals surface area contributed by atoms with E-state index in [0.717, 1.165) is 25.7 Å². The van der Waals surface area contributed by atoms with Crippen molar-refractivity contribution in [3.05, 3.63) is 23.5 Å². The maximum Gasteiger partial charge on any atom is 0.338 e. The Kier molecular flexibility index (Phi) is 3.19. The third-order valence-electron chi connectivity index (χ3n) is 8.46. The van der Waals surface area contributed by atoms with Crippen molar-refractivity contribution in [1.82, 2.24) is 0 Å². The van der Waals surface area contributed by atoms with Gasteiger partial charge in [-0.2, -0.15) is 0 Å². The molecule has 27 heavy (non-hydrogen) atoms. The SMILES string of the molecule is CC1=CC(O/C=C2\C(=O)O[C@]34CCC5C(C)(C)CCC[C@]5(C)[C@]23C4)OC1=O. The van der Waals surface area contributed by atoms with Crippen molar-refractivity contribution in [3.63, 3.8) is 0 Å². The molecule has 2 aliphatic heterocycles. The number of rotatable bonds is 2. The molecule has 0 aromatic rings. The lowest BCUT2D eigenvalue weighted by molar-refractivity contribution is -0.152. The average molecular weight is 372 g/mol. The van der Waals surface area contributed by atoms with E-state index in [1.54, 1.807) is 19.3 Å². The lowest BCUT2D eigenvalue weighted by atomic mass is 9.46. The van der Waals surface area contributed by atoms with Crippen molar-refractivity contribution in [2.75, 3.05) is 0 Å². The largest absolute Gasteiger partial charge is 0.458 e. The van der Waals surface area contributed by atoms with Gasteiger partial charge in [0.1, 0.15) is 5.60 Å². The number of carbonyl (C=O) groups is 2. The molecule has 3 aliphatic carbocycles. The molecule has 1 saturated heterocycles. The van der Waals surface area contributed by atoms with E-state index in [9.17, 15) is 9.59 Å². The van der Waals surface area contributed by atoms with E-state index in [4.69, 9.17) is 14.2 Å². The number of hydrogen-bond donors (Lipinski definition) is 0. The zero-order valence-electron chi connectivity index (χ0n) is 16.6. The highest BCUT2D eigenvalue weighted by Crippen LogP contribution is 2.84. The summed E-state index contributed by atoms with van der Waals surface area (Å²) in [6, 6.07) is 0. The number of fused-ring (bicyclic) bond motifs is 1. The van der Waals surface area contributed by atoms with Gasteiger partial charge in [0.2, 0.25) is 0 Å². The first kappa shape index (κ1) is 17.3. The van der Waals surface area contributed by atoms with E-state index in [0.29, 0.717) is 17.1 Å². The van der Waals surface area contributed by atoms with Gasteiger partial charge in [0, 0.05) is 18.1 Å². The molecule has 0 amide bonds. The van der Waals surface area contributed by atoms with Crippen molar-refractivity contribution < 1.29 is 23.8 Å². The lowest BCUT2D eigenvalue weighted by Crippen LogP contribution is -2.52. The van der Waals surface area contributed by atoms with Crippen LogP contribution in [0.1, 0.15) is 66.2 Å². The van der Waals surface area contributed by atoms with Crippen LogP contribution in [0.25, 0.3) is 0 Å².